The normalized spacial score (nSPS) is 10.5. The molecule has 0 heterocycles. The Balaban J connectivity index is 1.95. The molecular formula is C15H13BrN2O2. The molecule has 0 atom stereocenters. The Morgan fingerprint density at radius 1 is 1.15 bits per heavy atom. The van der Waals surface area contributed by atoms with Crippen LogP contribution in [-0.4, -0.2) is 19.2 Å². The Morgan fingerprint density at radius 2 is 1.80 bits per heavy atom. The van der Waals surface area contributed by atoms with E-state index in [1.54, 1.807) is 25.5 Å². The molecule has 102 valence electrons. The van der Waals surface area contributed by atoms with Gasteiger partial charge >= 0.3 is 0 Å². The summed E-state index contributed by atoms with van der Waals surface area (Å²) in [7, 11) is 1.61. The fraction of sp³-hybridized carbons (Fsp3) is 0.0667. The number of carbonyl (C=O) groups excluding carboxylic acids is 1. The predicted molar refractivity (Wildman–Crippen MR) is 82.2 cm³/mol. The van der Waals surface area contributed by atoms with Gasteiger partial charge in [-0.05, 0) is 54.1 Å². The molecule has 5 heteroatoms. The van der Waals surface area contributed by atoms with Gasteiger partial charge in [0.1, 0.15) is 5.75 Å². The number of ether oxygens (including phenoxy) is 1. The first-order chi connectivity index (χ1) is 9.69. The average molecular weight is 333 g/mol. The van der Waals surface area contributed by atoms with Crippen molar-refractivity contribution >= 4 is 28.1 Å². The van der Waals surface area contributed by atoms with Gasteiger partial charge in [0, 0.05) is 10.0 Å². The van der Waals surface area contributed by atoms with Gasteiger partial charge in [0.25, 0.3) is 5.91 Å². The van der Waals surface area contributed by atoms with E-state index in [-0.39, 0.29) is 5.91 Å². The number of hydrogen-bond donors (Lipinski definition) is 1. The van der Waals surface area contributed by atoms with E-state index in [1.165, 1.54) is 0 Å². The highest BCUT2D eigenvalue weighted by Crippen LogP contribution is 2.11. The minimum atomic E-state index is -0.248. The maximum atomic E-state index is 11.8. The van der Waals surface area contributed by atoms with Gasteiger partial charge in [-0.3, -0.25) is 4.79 Å². The number of methoxy groups -OCH3 is 1. The van der Waals surface area contributed by atoms with Crippen LogP contribution in [0.4, 0.5) is 0 Å². The van der Waals surface area contributed by atoms with Gasteiger partial charge < -0.3 is 4.74 Å². The van der Waals surface area contributed by atoms with E-state index >= 15 is 0 Å². The van der Waals surface area contributed by atoms with Crippen molar-refractivity contribution in [3.63, 3.8) is 0 Å². The number of benzene rings is 2. The Kier molecular flexibility index (Phi) is 4.90. The maximum absolute atomic E-state index is 11.8. The number of hydrogen-bond acceptors (Lipinski definition) is 3. The quantitative estimate of drug-likeness (QED) is 0.690. The molecule has 2 rings (SSSR count). The number of carbonyl (C=O) groups is 1. The van der Waals surface area contributed by atoms with Crippen molar-refractivity contribution in [3.05, 3.63) is 64.1 Å². The first-order valence-corrected chi connectivity index (χ1v) is 6.71. The maximum Gasteiger partial charge on any atom is 0.271 e. The fourth-order valence-electron chi connectivity index (χ4n) is 1.52. The molecule has 0 fully saturated rings. The van der Waals surface area contributed by atoms with Crippen LogP contribution in [0.15, 0.2) is 58.1 Å². The molecule has 0 saturated carbocycles. The molecule has 2 aromatic carbocycles. The van der Waals surface area contributed by atoms with Crippen LogP contribution in [0.25, 0.3) is 0 Å². The van der Waals surface area contributed by atoms with E-state index in [2.05, 4.69) is 26.5 Å². The summed E-state index contributed by atoms with van der Waals surface area (Å²) >= 11 is 3.32. The van der Waals surface area contributed by atoms with Gasteiger partial charge in [-0.25, -0.2) is 5.43 Å². The number of halogens is 1. The molecule has 1 amide bonds. The Labute approximate surface area is 125 Å². The third-order valence-corrected chi connectivity index (χ3v) is 3.13. The molecule has 0 bridgehead atoms. The van der Waals surface area contributed by atoms with Crippen LogP contribution in [0.3, 0.4) is 0 Å². The third-order valence-electron chi connectivity index (χ3n) is 2.60. The summed E-state index contributed by atoms with van der Waals surface area (Å²) in [6, 6.07) is 14.4. The molecule has 0 radical (unpaired) electrons. The van der Waals surface area contributed by atoms with E-state index < -0.39 is 0 Å². The number of hydrazone groups is 1. The second-order valence-electron chi connectivity index (χ2n) is 3.98. The lowest BCUT2D eigenvalue weighted by molar-refractivity contribution is 0.0955. The van der Waals surface area contributed by atoms with Gasteiger partial charge in [0.05, 0.1) is 13.3 Å². The number of amides is 1. The fourth-order valence-corrected chi connectivity index (χ4v) is 1.79. The minimum absolute atomic E-state index is 0.248. The van der Waals surface area contributed by atoms with Gasteiger partial charge in [-0.2, -0.15) is 5.10 Å². The molecule has 4 nitrogen and oxygen atoms in total. The topological polar surface area (TPSA) is 50.7 Å². The number of nitrogens with one attached hydrogen (secondary N) is 1. The standard InChI is InChI=1S/C15H13BrN2O2/c1-20-14-8-2-11(3-9-14)10-17-18-15(19)12-4-6-13(16)7-5-12/h2-10H,1H3,(H,18,19)/b17-10-. The van der Waals surface area contributed by atoms with Crippen LogP contribution in [0, 0.1) is 0 Å². The van der Waals surface area contributed by atoms with Crippen LogP contribution in [-0.2, 0) is 0 Å². The van der Waals surface area contributed by atoms with Crippen LogP contribution < -0.4 is 10.2 Å². The summed E-state index contributed by atoms with van der Waals surface area (Å²) in [5.74, 6) is 0.531. The molecule has 0 aliphatic heterocycles. The summed E-state index contributed by atoms with van der Waals surface area (Å²) in [6.45, 7) is 0. The van der Waals surface area contributed by atoms with Crippen molar-refractivity contribution in [1.29, 1.82) is 0 Å². The zero-order valence-corrected chi connectivity index (χ0v) is 12.4. The highest BCUT2D eigenvalue weighted by molar-refractivity contribution is 9.10. The predicted octanol–water partition coefficient (Wildman–Crippen LogP) is 3.22. The molecule has 0 spiro atoms. The lowest BCUT2D eigenvalue weighted by atomic mass is 10.2. The summed E-state index contributed by atoms with van der Waals surface area (Å²) in [6.07, 6.45) is 1.58. The molecule has 0 aliphatic carbocycles. The van der Waals surface area contributed by atoms with E-state index in [9.17, 15) is 4.79 Å². The molecule has 0 aromatic heterocycles. The first-order valence-electron chi connectivity index (χ1n) is 5.92. The molecule has 0 unspecified atom stereocenters. The highest BCUT2D eigenvalue weighted by atomic mass is 79.9. The monoisotopic (exact) mass is 332 g/mol. The van der Waals surface area contributed by atoms with Crippen LogP contribution in [0.1, 0.15) is 15.9 Å². The second-order valence-corrected chi connectivity index (χ2v) is 4.89. The molecule has 0 saturated heterocycles. The average Bonchev–Trinajstić information content (AvgIpc) is 2.48. The van der Waals surface area contributed by atoms with Crippen LogP contribution in [0.2, 0.25) is 0 Å². The van der Waals surface area contributed by atoms with Crippen molar-refractivity contribution in [1.82, 2.24) is 5.43 Å². The van der Waals surface area contributed by atoms with Gasteiger partial charge in [0.15, 0.2) is 0 Å². The SMILES string of the molecule is COc1ccc(/C=N\NC(=O)c2ccc(Br)cc2)cc1. The minimum Gasteiger partial charge on any atom is -0.497 e. The van der Waals surface area contributed by atoms with E-state index in [0.29, 0.717) is 5.56 Å². The van der Waals surface area contributed by atoms with Crippen molar-refractivity contribution < 1.29 is 9.53 Å². The zero-order valence-electron chi connectivity index (χ0n) is 10.8. The summed E-state index contributed by atoms with van der Waals surface area (Å²) in [4.78, 5) is 11.8. The van der Waals surface area contributed by atoms with Crippen LogP contribution >= 0.6 is 15.9 Å². The molecular weight excluding hydrogens is 320 g/mol. The lowest BCUT2D eigenvalue weighted by Gasteiger charge is -2.00. The molecule has 2 aromatic rings. The zero-order chi connectivity index (χ0) is 14.4. The molecule has 0 aliphatic rings. The summed E-state index contributed by atoms with van der Waals surface area (Å²) in [5, 5.41) is 3.92. The second kappa shape index (κ2) is 6.86. The molecule has 1 N–H and O–H groups in total. The van der Waals surface area contributed by atoms with Crippen molar-refractivity contribution in [2.24, 2.45) is 5.10 Å². The van der Waals surface area contributed by atoms with Crippen molar-refractivity contribution in [2.75, 3.05) is 7.11 Å². The Hall–Kier alpha value is -2.14. The Morgan fingerprint density at radius 3 is 2.40 bits per heavy atom. The van der Waals surface area contributed by atoms with Gasteiger partial charge in [-0.15, -0.1) is 0 Å². The number of nitrogens with zero attached hydrogens (tertiary/aromatic N) is 1. The lowest BCUT2D eigenvalue weighted by Crippen LogP contribution is -2.17. The largest absolute Gasteiger partial charge is 0.497 e. The molecule has 20 heavy (non-hydrogen) atoms. The van der Waals surface area contributed by atoms with Gasteiger partial charge in [-0.1, -0.05) is 15.9 Å². The van der Waals surface area contributed by atoms with Crippen molar-refractivity contribution in [3.8, 4) is 5.75 Å². The van der Waals surface area contributed by atoms with Gasteiger partial charge in [0.2, 0.25) is 0 Å². The van der Waals surface area contributed by atoms with Crippen LogP contribution in [0.5, 0.6) is 5.75 Å². The van der Waals surface area contributed by atoms with E-state index in [1.807, 2.05) is 36.4 Å². The summed E-state index contributed by atoms with van der Waals surface area (Å²) in [5.41, 5.74) is 3.91. The summed E-state index contributed by atoms with van der Waals surface area (Å²) < 4.78 is 5.99. The number of rotatable bonds is 4. The van der Waals surface area contributed by atoms with E-state index in [4.69, 9.17) is 4.74 Å². The highest BCUT2D eigenvalue weighted by Gasteiger charge is 2.02. The van der Waals surface area contributed by atoms with Crippen molar-refractivity contribution in [2.45, 2.75) is 0 Å². The van der Waals surface area contributed by atoms with E-state index in [0.717, 1.165) is 15.8 Å². The smallest absolute Gasteiger partial charge is 0.271 e. The third kappa shape index (κ3) is 3.93. The first kappa shape index (κ1) is 14.3. The Bertz CT molecular complexity index is 607.